The van der Waals surface area contributed by atoms with Gasteiger partial charge in [0.2, 0.25) is 11.8 Å². The summed E-state index contributed by atoms with van der Waals surface area (Å²) in [5, 5.41) is 1.95. The van der Waals surface area contributed by atoms with Gasteiger partial charge in [0.1, 0.15) is 0 Å². The van der Waals surface area contributed by atoms with Crippen LogP contribution in [0.1, 0.15) is 25.7 Å². The molecule has 7 nitrogen and oxygen atoms in total. The van der Waals surface area contributed by atoms with Gasteiger partial charge in [-0.05, 0) is 37.1 Å². The second-order valence-electron chi connectivity index (χ2n) is 6.45. The molecule has 4 rings (SSSR count). The van der Waals surface area contributed by atoms with Crippen molar-refractivity contribution in [2.45, 2.75) is 30.6 Å². The largest absolute Gasteiger partial charge is 0.274 e. The fraction of sp³-hybridized carbons (Fsp3) is 0.353. The average molecular weight is 391 g/mol. The van der Waals surface area contributed by atoms with E-state index < -0.39 is 10.0 Å². The van der Waals surface area contributed by atoms with Gasteiger partial charge >= 0.3 is 0 Å². The number of aromatic nitrogens is 1. The van der Waals surface area contributed by atoms with Crippen molar-refractivity contribution in [3.05, 3.63) is 35.8 Å². The topological polar surface area (TPSA) is 96.4 Å². The van der Waals surface area contributed by atoms with Gasteiger partial charge in [-0.2, -0.15) is 0 Å². The lowest BCUT2D eigenvalue weighted by Crippen LogP contribution is -2.30. The Balaban J connectivity index is 1.58. The summed E-state index contributed by atoms with van der Waals surface area (Å²) in [6, 6.07) is 5.80. The van der Waals surface area contributed by atoms with Crippen molar-refractivity contribution in [3.8, 4) is 0 Å². The van der Waals surface area contributed by atoms with Crippen LogP contribution in [0.25, 0.3) is 0 Å². The van der Waals surface area contributed by atoms with Crippen LogP contribution in [0.2, 0.25) is 0 Å². The third-order valence-electron chi connectivity index (χ3n) is 4.90. The summed E-state index contributed by atoms with van der Waals surface area (Å²) < 4.78 is 27.1. The first kappa shape index (κ1) is 17.2. The van der Waals surface area contributed by atoms with Gasteiger partial charge in [-0.3, -0.25) is 19.2 Å². The standard InChI is InChI=1S/C17H17N3O4S2/c21-15-13-3-1-2-4-14(13)16(22)20(15)11-5-7-12(8-6-11)26(23,24)19-17-18-9-10-25-17/h5-10,13-14H,1-4H2,(H,18,19). The predicted molar refractivity (Wildman–Crippen MR) is 97.3 cm³/mol. The molecule has 0 bridgehead atoms. The molecule has 2 aliphatic rings. The van der Waals surface area contributed by atoms with Crippen LogP contribution in [0, 0.1) is 11.8 Å². The molecule has 26 heavy (non-hydrogen) atoms. The quantitative estimate of drug-likeness (QED) is 0.808. The molecule has 1 aromatic heterocycles. The third-order valence-corrected chi connectivity index (χ3v) is 7.07. The Bertz CT molecular complexity index is 915. The van der Waals surface area contributed by atoms with Crippen molar-refractivity contribution in [2.75, 3.05) is 9.62 Å². The number of rotatable bonds is 4. The maximum atomic E-state index is 12.6. The number of thiazole rings is 1. The van der Waals surface area contributed by atoms with E-state index in [1.807, 2.05) is 0 Å². The van der Waals surface area contributed by atoms with E-state index in [2.05, 4.69) is 9.71 Å². The van der Waals surface area contributed by atoms with Gasteiger partial charge in [0.05, 0.1) is 22.4 Å². The zero-order valence-corrected chi connectivity index (χ0v) is 15.4. The second kappa shape index (κ2) is 6.48. The first-order valence-electron chi connectivity index (χ1n) is 8.37. The number of carbonyl (C=O) groups is 2. The number of sulfonamides is 1. The Morgan fingerprint density at radius 2 is 1.65 bits per heavy atom. The van der Waals surface area contributed by atoms with Gasteiger partial charge in [-0.1, -0.05) is 12.8 Å². The van der Waals surface area contributed by atoms with E-state index >= 15 is 0 Å². The molecule has 1 aliphatic heterocycles. The normalized spacial score (nSPS) is 23.2. The van der Waals surface area contributed by atoms with E-state index in [0.717, 1.165) is 25.7 Å². The summed E-state index contributed by atoms with van der Waals surface area (Å²) in [6.07, 6.45) is 4.93. The minimum absolute atomic E-state index is 0.0490. The molecule has 2 aromatic rings. The molecule has 1 saturated heterocycles. The Labute approximate surface area is 155 Å². The number of hydrogen-bond donors (Lipinski definition) is 1. The number of hydrogen-bond acceptors (Lipinski definition) is 6. The minimum atomic E-state index is -3.76. The highest BCUT2D eigenvalue weighted by atomic mass is 32.2. The molecule has 2 unspecified atom stereocenters. The van der Waals surface area contributed by atoms with Gasteiger partial charge in [0, 0.05) is 11.6 Å². The molecular weight excluding hydrogens is 374 g/mol. The van der Waals surface area contributed by atoms with Crippen molar-refractivity contribution in [3.63, 3.8) is 0 Å². The number of carbonyl (C=O) groups excluding carboxylic acids is 2. The fourth-order valence-corrected chi connectivity index (χ4v) is 5.43. The summed E-state index contributed by atoms with van der Waals surface area (Å²) in [6.45, 7) is 0. The Kier molecular flexibility index (Phi) is 4.28. The first-order valence-corrected chi connectivity index (χ1v) is 10.7. The van der Waals surface area contributed by atoms with Gasteiger partial charge in [0.15, 0.2) is 5.13 Å². The molecular formula is C17H17N3O4S2. The SMILES string of the molecule is O=C1C2CCCCC2C(=O)N1c1ccc(S(=O)(=O)Nc2nccs2)cc1. The zero-order chi connectivity index (χ0) is 18.3. The van der Waals surface area contributed by atoms with Crippen molar-refractivity contribution in [2.24, 2.45) is 11.8 Å². The van der Waals surface area contributed by atoms with E-state index in [4.69, 9.17) is 0 Å². The monoisotopic (exact) mass is 391 g/mol. The van der Waals surface area contributed by atoms with Crippen LogP contribution in [-0.4, -0.2) is 25.2 Å². The Morgan fingerprint density at radius 3 is 2.19 bits per heavy atom. The maximum Gasteiger partial charge on any atom is 0.263 e. The van der Waals surface area contributed by atoms with E-state index in [1.54, 1.807) is 5.38 Å². The molecule has 136 valence electrons. The van der Waals surface area contributed by atoms with E-state index in [0.29, 0.717) is 5.69 Å². The molecule has 0 radical (unpaired) electrons. The van der Waals surface area contributed by atoms with Crippen LogP contribution in [-0.2, 0) is 19.6 Å². The smallest absolute Gasteiger partial charge is 0.263 e. The molecule has 2 fully saturated rings. The van der Waals surface area contributed by atoms with Crippen LogP contribution in [0.4, 0.5) is 10.8 Å². The Morgan fingerprint density at radius 1 is 1.04 bits per heavy atom. The number of amides is 2. The van der Waals surface area contributed by atoms with Crippen LogP contribution in [0.15, 0.2) is 40.7 Å². The van der Waals surface area contributed by atoms with E-state index in [-0.39, 0.29) is 33.7 Å². The summed E-state index contributed by atoms with van der Waals surface area (Å²) >= 11 is 1.18. The van der Waals surface area contributed by atoms with Gasteiger partial charge in [-0.25, -0.2) is 13.4 Å². The molecule has 0 spiro atoms. The molecule has 1 aliphatic carbocycles. The van der Waals surface area contributed by atoms with Crippen LogP contribution in [0.5, 0.6) is 0 Å². The lowest BCUT2D eigenvalue weighted by molar-refractivity contribution is -0.122. The van der Waals surface area contributed by atoms with E-state index in [9.17, 15) is 18.0 Å². The molecule has 2 heterocycles. The first-order chi connectivity index (χ1) is 12.5. The molecule has 9 heteroatoms. The fourth-order valence-electron chi connectivity index (χ4n) is 3.64. The predicted octanol–water partition coefficient (Wildman–Crippen LogP) is 2.62. The summed E-state index contributed by atoms with van der Waals surface area (Å²) in [5.74, 6) is -0.801. The van der Waals surface area contributed by atoms with Crippen LogP contribution in [0.3, 0.4) is 0 Å². The molecule has 2 atom stereocenters. The summed E-state index contributed by atoms with van der Waals surface area (Å²) in [5.41, 5.74) is 0.419. The highest BCUT2D eigenvalue weighted by Gasteiger charge is 2.48. The number of nitrogens with one attached hydrogen (secondary N) is 1. The average Bonchev–Trinajstić information content (AvgIpc) is 3.22. The maximum absolute atomic E-state index is 12.6. The third kappa shape index (κ3) is 2.90. The minimum Gasteiger partial charge on any atom is -0.274 e. The number of anilines is 2. The van der Waals surface area contributed by atoms with Gasteiger partial charge in [0.25, 0.3) is 10.0 Å². The van der Waals surface area contributed by atoms with Crippen LogP contribution >= 0.6 is 11.3 Å². The van der Waals surface area contributed by atoms with Crippen molar-refractivity contribution in [1.29, 1.82) is 0 Å². The summed E-state index contributed by atoms with van der Waals surface area (Å²) in [7, 11) is -3.76. The lowest BCUT2D eigenvalue weighted by atomic mass is 9.81. The second-order valence-corrected chi connectivity index (χ2v) is 9.02. The van der Waals surface area contributed by atoms with Gasteiger partial charge in [-0.15, -0.1) is 11.3 Å². The molecule has 1 saturated carbocycles. The Hall–Kier alpha value is -2.26. The zero-order valence-electron chi connectivity index (χ0n) is 13.8. The van der Waals surface area contributed by atoms with Gasteiger partial charge < -0.3 is 0 Å². The van der Waals surface area contributed by atoms with Crippen molar-refractivity contribution >= 4 is 44.0 Å². The van der Waals surface area contributed by atoms with Crippen molar-refractivity contribution < 1.29 is 18.0 Å². The number of nitrogens with zero attached hydrogens (tertiary/aromatic N) is 2. The van der Waals surface area contributed by atoms with E-state index in [1.165, 1.54) is 46.7 Å². The summed E-state index contributed by atoms with van der Waals surface area (Å²) in [4.78, 5) is 30.4. The highest BCUT2D eigenvalue weighted by molar-refractivity contribution is 7.93. The number of benzene rings is 1. The number of fused-ring (bicyclic) bond motifs is 1. The number of imide groups is 1. The molecule has 2 amide bonds. The van der Waals surface area contributed by atoms with Crippen molar-refractivity contribution in [1.82, 2.24) is 4.98 Å². The molecule has 1 aromatic carbocycles. The van der Waals surface area contributed by atoms with Crippen LogP contribution < -0.4 is 9.62 Å². The lowest BCUT2D eigenvalue weighted by Gasteiger charge is -2.19. The molecule has 1 N–H and O–H groups in total. The highest BCUT2D eigenvalue weighted by Crippen LogP contribution is 2.40.